The van der Waals surface area contributed by atoms with E-state index in [0.29, 0.717) is 16.7 Å². The summed E-state index contributed by atoms with van der Waals surface area (Å²) >= 11 is 0. The van der Waals surface area contributed by atoms with Crippen molar-refractivity contribution in [2.45, 2.75) is 6.18 Å². The van der Waals surface area contributed by atoms with Crippen LogP contribution in [0, 0.1) is 0 Å². The number of pyridine rings is 2. The molecule has 2 aromatic carbocycles. The molecule has 0 saturated carbocycles. The van der Waals surface area contributed by atoms with Gasteiger partial charge in [0.1, 0.15) is 0 Å². The van der Waals surface area contributed by atoms with Gasteiger partial charge in [-0.25, -0.2) is 0 Å². The Bertz CT molecular complexity index is 1160. The first-order valence-corrected chi connectivity index (χ1v) is 8.46. The fourth-order valence-corrected chi connectivity index (χ4v) is 3.19. The molecule has 0 aliphatic carbocycles. The molecule has 0 atom stereocenters. The summed E-state index contributed by atoms with van der Waals surface area (Å²) in [7, 11) is 0. The molecule has 6 heteroatoms. The van der Waals surface area contributed by atoms with Gasteiger partial charge >= 0.3 is 6.18 Å². The lowest BCUT2D eigenvalue weighted by atomic mass is 9.92. The molecule has 3 nitrogen and oxygen atoms in total. The molecule has 2 aromatic heterocycles. The molecule has 2 heterocycles. The molecule has 0 unspecified atom stereocenters. The van der Waals surface area contributed by atoms with E-state index in [0.717, 1.165) is 6.07 Å². The number of alkyl halides is 3. The molecule has 0 radical (unpaired) electrons. The summed E-state index contributed by atoms with van der Waals surface area (Å²) in [6, 6.07) is 15.8. The maximum absolute atomic E-state index is 13.5. The van der Waals surface area contributed by atoms with Gasteiger partial charge in [0.2, 0.25) is 0 Å². The normalized spacial score (nSPS) is 11.5. The van der Waals surface area contributed by atoms with Crippen molar-refractivity contribution in [1.29, 1.82) is 0 Å². The van der Waals surface area contributed by atoms with E-state index < -0.39 is 11.7 Å². The molecule has 0 spiro atoms. The molecule has 0 N–H and O–H groups in total. The summed E-state index contributed by atoms with van der Waals surface area (Å²) in [6.45, 7) is 0. The van der Waals surface area contributed by atoms with Gasteiger partial charge in [0, 0.05) is 46.2 Å². The van der Waals surface area contributed by atoms with Gasteiger partial charge in [0.05, 0.1) is 11.1 Å². The molecule has 0 fully saturated rings. The molecule has 0 aliphatic heterocycles. The Kier molecular flexibility index (Phi) is 4.39. The van der Waals surface area contributed by atoms with Gasteiger partial charge in [-0.2, -0.15) is 13.2 Å². The Morgan fingerprint density at radius 3 is 2.32 bits per heavy atom. The number of fused-ring (bicyclic) bond motifs is 1. The van der Waals surface area contributed by atoms with Gasteiger partial charge in [0.15, 0.2) is 5.78 Å². The summed E-state index contributed by atoms with van der Waals surface area (Å²) in [4.78, 5) is 21.2. The number of benzene rings is 2. The molecule has 138 valence electrons. The third-order valence-electron chi connectivity index (χ3n) is 4.43. The van der Waals surface area contributed by atoms with Crippen LogP contribution in [0.1, 0.15) is 21.5 Å². The van der Waals surface area contributed by atoms with Crippen molar-refractivity contribution in [3.63, 3.8) is 0 Å². The summed E-state index contributed by atoms with van der Waals surface area (Å²) in [6.07, 6.45) is -0.248. The maximum Gasteiger partial charge on any atom is 0.418 e. The van der Waals surface area contributed by atoms with Gasteiger partial charge in [0.25, 0.3) is 0 Å². The second-order valence-corrected chi connectivity index (χ2v) is 6.18. The number of nitrogens with zero attached hydrogens (tertiary/aromatic N) is 2. The molecular formula is C22H13F3N2O. The van der Waals surface area contributed by atoms with Gasteiger partial charge < -0.3 is 0 Å². The lowest BCUT2D eigenvalue weighted by Gasteiger charge is -2.15. The minimum absolute atomic E-state index is 0.196. The number of halogens is 3. The SMILES string of the molecule is O=C(c1ccccc1)c1cnc2c(C(F)(F)F)cccc2c1-c1cccnc1. The predicted molar refractivity (Wildman–Crippen MR) is 99.9 cm³/mol. The Hall–Kier alpha value is -3.54. The number of hydrogen-bond donors (Lipinski definition) is 0. The molecule has 0 bridgehead atoms. The zero-order chi connectivity index (χ0) is 19.7. The summed E-state index contributed by atoms with van der Waals surface area (Å²) in [5.41, 5.74) is 0.561. The third kappa shape index (κ3) is 3.13. The van der Waals surface area contributed by atoms with Crippen LogP contribution in [0.25, 0.3) is 22.0 Å². The van der Waals surface area contributed by atoms with Crippen LogP contribution in [-0.4, -0.2) is 15.8 Å². The largest absolute Gasteiger partial charge is 0.418 e. The molecular weight excluding hydrogens is 365 g/mol. The lowest BCUT2D eigenvalue weighted by Crippen LogP contribution is -2.09. The highest BCUT2D eigenvalue weighted by atomic mass is 19.4. The van der Waals surface area contributed by atoms with Crippen molar-refractivity contribution in [3.05, 3.63) is 95.9 Å². The van der Waals surface area contributed by atoms with E-state index >= 15 is 0 Å². The first kappa shape index (κ1) is 17.9. The monoisotopic (exact) mass is 378 g/mol. The topological polar surface area (TPSA) is 42.9 Å². The number of rotatable bonds is 3. The van der Waals surface area contributed by atoms with Crippen LogP contribution in [0.3, 0.4) is 0 Å². The number of aromatic nitrogens is 2. The van der Waals surface area contributed by atoms with Crippen molar-refractivity contribution in [1.82, 2.24) is 9.97 Å². The van der Waals surface area contributed by atoms with Crippen LogP contribution in [0.2, 0.25) is 0 Å². The zero-order valence-electron chi connectivity index (χ0n) is 14.4. The quantitative estimate of drug-likeness (QED) is 0.439. The van der Waals surface area contributed by atoms with Crippen LogP contribution in [0.15, 0.2) is 79.3 Å². The van der Waals surface area contributed by atoms with Crippen molar-refractivity contribution in [2.24, 2.45) is 0 Å². The second-order valence-electron chi connectivity index (χ2n) is 6.18. The standard InChI is InChI=1S/C22H13F3N2O/c23-22(24,25)18-10-4-9-16-19(15-8-5-11-26-12-15)17(13-27-20(16)18)21(28)14-6-2-1-3-7-14/h1-13H. The highest BCUT2D eigenvalue weighted by Gasteiger charge is 2.34. The number of carbonyl (C=O) groups excluding carboxylic acids is 1. The van der Waals surface area contributed by atoms with Crippen LogP contribution in [-0.2, 0) is 6.18 Å². The smallest absolute Gasteiger partial charge is 0.289 e. The number of carbonyl (C=O) groups is 1. The first-order chi connectivity index (χ1) is 13.5. The van der Waals surface area contributed by atoms with Gasteiger partial charge in [-0.05, 0) is 12.1 Å². The second kappa shape index (κ2) is 6.88. The fourth-order valence-electron chi connectivity index (χ4n) is 3.19. The first-order valence-electron chi connectivity index (χ1n) is 8.46. The molecule has 0 amide bonds. The minimum atomic E-state index is -4.55. The third-order valence-corrected chi connectivity index (χ3v) is 4.43. The minimum Gasteiger partial charge on any atom is -0.289 e. The van der Waals surface area contributed by atoms with E-state index in [1.807, 2.05) is 0 Å². The fraction of sp³-hybridized carbons (Fsp3) is 0.0455. The summed E-state index contributed by atoms with van der Waals surface area (Å²) < 4.78 is 40.4. The van der Waals surface area contributed by atoms with E-state index in [4.69, 9.17) is 0 Å². The molecule has 28 heavy (non-hydrogen) atoms. The average Bonchev–Trinajstić information content (AvgIpc) is 2.72. The van der Waals surface area contributed by atoms with Crippen LogP contribution >= 0.6 is 0 Å². The van der Waals surface area contributed by atoms with E-state index in [2.05, 4.69) is 9.97 Å². The summed E-state index contributed by atoms with van der Waals surface area (Å²) in [5.74, 6) is -0.314. The van der Waals surface area contributed by atoms with Crippen molar-refractivity contribution in [2.75, 3.05) is 0 Å². The average molecular weight is 378 g/mol. The van der Waals surface area contributed by atoms with Crippen LogP contribution < -0.4 is 0 Å². The van der Waals surface area contributed by atoms with Gasteiger partial charge in [-0.3, -0.25) is 14.8 Å². The molecule has 0 aliphatic rings. The van der Waals surface area contributed by atoms with Crippen molar-refractivity contribution in [3.8, 4) is 11.1 Å². The number of para-hydroxylation sites is 1. The number of hydrogen-bond acceptors (Lipinski definition) is 3. The highest BCUT2D eigenvalue weighted by Crippen LogP contribution is 2.38. The summed E-state index contributed by atoms with van der Waals surface area (Å²) in [5, 5.41) is 0.254. The van der Waals surface area contributed by atoms with Crippen molar-refractivity contribution < 1.29 is 18.0 Å². The molecule has 0 saturated heterocycles. The Labute approximate surface area is 158 Å². The number of ketones is 1. The van der Waals surface area contributed by atoms with E-state index in [1.165, 1.54) is 18.5 Å². The van der Waals surface area contributed by atoms with Gasteiger partial charge in [-0.1, -0.05) is 48.5 Å². The Morgan fingerprint density at radius 1 is 0.857 bits per heavy atom. The van der Waals surface area contributed by atoms with Crippen LogP contribution in [0.5, 0.6) is 0 Å². The predicted octanol–water partition coefficient (Wildman–Crippen LogP) is 5.55. The van der Waals surface area contributed by atoms with E-state index in [-0.39, 0.29) is 22.2 Å². The van der Waals surface area contributed by atoms with E-state index in [9.17, 15) is 18.0 Å². The molecule has 4 rings (SSSR count). The Balaban J connectivity index is 2.05. The van der Waals surface area contributed by atoms with E-state index in [1.54, 1.807) is 54.7 Å². The van der Waals surface area contributed by atoms with Gasteiger partial charge in [-0.15, -0.1) is 0 Å². The highest BCUT2D eigenvalue weighted by molar-refractivity contribution is 6.16. The molecule has 4 aromatic rings. The Morgan fingerprint density at radius 2 is 1.64 bits per heavy atom. The van der Waals surface area contributed by atoms with Crippen LogP contribution in [0.4, 0.5) is 13.2 Å². The zero-order valence-corrected chi connectivity index (χ0v) is 14.4. The lowest BCUT2D eigenvalue weighted by molar-refractivity contribution is -0.136. The van der Waals surface area contributed by atoms with Crippen molar-refractivity contribution >= 4 is 16.7 Å². The maximum atomic E-state index is 13.5.